The molecule has 8 nitrogen and oxygen atoms in total. The van der Waals surface area contributed by atoms with Crippen molar-refractivity contribution in [2.75, 3.05) is 19.3 Å². The normalized spacial score (nSPS) is 15.5. The zero-order valence-electron chi connectivity index (χ0n) is 18.9. The van der Waals surface area contributed by atoms with Gasteiger partial charge in [-0.25, -0.2) is 23.1 Å². The van der Waals surface area contributed by atoms with Gasteiger partial charge in [0.05, 0.1) is 17.1 Å². The highest BCUT2D eigenvalue weighted by atomic mass is 35.5. The second kappa shape index (κ2) is 9.73. The molecule has 4 aromatic rings. The molecule has 0 spiro atoms. The SMILES string of the molecule is CS(=O)(=O)c1ccc(Oc2ncnc3c2cnn3C2CCN(Cc3cc(Cl)cc(Cl)c3)CC2)cc1. The molecule has 2 aromatic carbocycles. The number of benzene rings is 2. The van der Waals surface area contributed by atoms with Crippen molar-refractivity contribution in [1.82, 2.24) is 24.6 Å². The van der Waals surface area contributed by atoms with E-state index in [4.69, 9.17) is 27.9 Å². The Morgan fingerprint density at radius 1 is 1.03 bits per heavy atom. The third kappa shape index (κ3) is 5.43. The lowest BCUT2D eigenvalue weighted by atomic mass is 10.0. The first kappa shape index (κ1) is 24.0. The average Bonchev–Trinajstić information content (AvgIpc) is 3.24. The first-order chi connectivity index (χ1) is 16.8. The molecule has 1 fully saturated rings. The molecule has 11 heteroatoms. The van der Waals surface area contributed by atoms with Crippen molar-refractivity contribution >= 4 is 44.1 Å². The highest BCUT2D eigenvalue weighted by Gasteiger charge is 2.24. The zero-order valence-corrected chi connectivity index (χ0v) is 21.3. The summed E-state index contributed by atoms with van der Waals surface area (Å²) in [4.78, 5) is 11.3. The van der Waals surface area contributed by atoms with Crippen LogP contribution in [0, 0.1) is 0 Å². The maximum atomic E-state index is 11.7. The minimum absolute atomic E-state index is 0.212. The summed E-state index contributed by atoms with van der Waals surface area (Å²) >= 11 is 12.3. The van der Waals surface area contributed by atoms with E-state index in [0.717, 1.165) is 38.0 Å². The summed E-state index contributed by atoms with van der Waals surface area (Å²) in [6.07, 6.45) is 6.20. The monoisotopic (exact) mass is 531 g/mol. The van der Waals surface area contributed by atoms with Crippen molar-refractivity contribution < 1.29 is 13.2 Å². The predicted molar refractivity (Wildman–Crippen MR) is 135 cm³/mol. The van der Waals surface area contributed by atoms with Crippen LogP contribution in [0.15, 0.2) is 59.9 Å². The largest absolute Gasteiger partial charge is 0.438 e. The molecule has 3 heterocycles. The number of hydrogen-bond acceptors (Lipinski definition) is 7. The smallest absolute Gasteiger partial charge is 0.233 e. The maximum Gasteiger partial charge on any atom is 0.233 e. The van der Waals surface area contributed by atoms with Crippen LogP contribution < -0.4 is 4.74 Å². The molecule has 5 rings (SSSR count). The summed E-state index contributed by atoms with van der Waals surface area (Å²) in [5.41, 5.74) is 1.81. The summed E-state index contributed by atoms with van der Waals surface area (Å²) in [6.45, 7) is 2.62. The molecular weight excluding hydrogens is 509 g/mol. The van der Waals surface area contributed by atoms with Gasteiger partial charge >= 0.3 is 0 Å². The van der Waals surface area contributed by atoms with E-state index >= 15 is 0 Å². The van der Waals surface area contributed by atoms with Crippen LogP contribution in [0.5, 0.6) is 11.6 Å². The van der Waals surface area contributed by atoms with Crippen molar-refractivity contribution in [1.29, 1.82) is 0 Å². The van der Waals surface area contributed by atoms with E-state index < -0.39 is 9.84 Å². The molecule has 0 atom stereocenters. The Kier molecular flexibility index (Phi) is 6.67. The summed E-state index contributed by atoms with van der Waals surface area (Å²) in [5, 5.41) is 6.60. The third-order valence-corrected chi connectivity index (χ3v) is 7.62. The fraction of sp³-hybridized carbons (Fsp3) is 0.292. The van der Waals surface area contributed by atoms with Gasteiger partial charge in [0.15, 0.2) is 15.5 Å². The van der Waals surface area contributed by atoms with Gasteiger partial charge in [0.1, 0.15) is 17.5 Å². The zero-order chi connectivity index (χ0) is 24.6. The van der Waals surface area contributed by atoms with E-state index in [-0.39, 0.29) is 10.9 Å². The molecule has 0 aliphatic carbocycles. The van der Waals surface area contributed by atoms with Gasteiger partial charge in [0.25, 0.3) is 0 Å². The second-order valence-corrected chi connectivity index (χ2v) is 11.5. The average molecular weight is 532 g/mol. The molecule has 1 aliphatic rings. The number of rotatable bonds is 6. The van der Waals surface area contributed by atoms with E-state index in [0.29, 0.717) is 32.7 Å². The molecule has 1 aliphatic heterocycles. The van der Waals surface area contributed by atoms with Crippen LogP contribution >= 0.6 is 23.2 Å². The summed E-state index contributed by atoms with van der Waals surface area (Å²) < 4.78 is 31.2. The van der Waals surface area contributed by atoms with Crippen molar-refractivity contribution in [3.63, 3.8) is 0 Å². The first-order valence-electron chi connectivity index (χ1n) is 11.1. The second-order valence-electron chi connectivity index (χ2n) is 8.64. The van der Waals surface area contributed by atoms with Gasteiger partial charge in [-0.15, -0.1) is 0 Å². The Bertz CT molecular complexity index is 1450. The molecule has 0 radical (unpaired) electrons. The molecule has 2 aromatic heterocycles. The maximum absolute atomic E-state index is 11.7. The minimum Gasteiger partial charge on any atom is -0.438 e. The number of fused-ring (bicyclic) bond motifs is 1. The van der Waals surface area contributed by atoms with E-state index in [1.165, 1.54) is 24.7 Å². The number of aromatic nitrogens is 4. The Morgan fingerprint density at radius 3 is 2.37 bits per heavy atom. The van der Waals surface area contributed by atoms with Crippen LogP contribution in [-0.2, 0) is 16.4 Å². The number of piperidine rings is 1. The van der Waals surface area contributed by atoms with Crippen molar-refractivity contribution in [2.45, 2.75) is 30.3 Å². The van der Waals surface area contributed by atoms with Crippen LogP contribution in [0.3, 0.4) is 0 Å². The van der Waals surface area contributed by atoms with Crippen molar-refractivity contribution in [3.8, 4) is 11.6 Å². The van der Waals surface area contributed by atoms with E-state index in [2.05, 4.69) is 20.0 Å². The van der Waals surface area contributed by atoms with Crippen LogP contribution in [0.1, 0.15) is 24.4 Å². The summed E-state index contributed by atoms with van der Waals surface area (Å²) in [5.74, 6) is 0.864. The Labute approximate surface area is 213 Å². The predicted octanol–water partition coefficient (Wildman–Crippen LogP) is 5.17. The highest BCUT2D eigenvalue weighted by Crippen LogP contribution is 2.31. The molecule has 0 amide bonds. The number of likely N-dealkylation sites (tertiary alicyclic amines) is 1. The number of sulfone groups is 1. The number of hydrogen-bond donors (Lipinski definition) is 0. The van der Waals surface area contributed by atoms with Crippen molar-refractivity contribution in [3.05, 3.63) is 70.6 Å². The van der Waals surface area contributed by atoms with Crippen LogP contribution in [0.2, 0.25) is 10.0 Å². The van der Waals surface area contributed by atoms with Gasteiger partial charge in [0.2, 0.25) is 5.88 Å². The number of halogens is 2. The quantitative estimate of drug-likeness (QED) is 0.339. The molecule has 0 bridgehead atoms. The number of ether oxygens (including phenoxy) is 1. The molecular formula is C24H23Cl2N5O3S. The minimum atomic E-state index is -3.27. The van der Waals surface area contributed by atoms with Crippen LogP contribution in [0.4, 0.5) is 0 Å². The lowest BCUT2D eigenvalue weighted by Gasteiger charge is -2.32. The van der Waals surface area contributed by atoms with E-state index in [1.807, 2.05) is 16.8 Å². The molecule has 0 N–H and O–H groups in total. The van der Waals surface area contributed by atoms with Gasteiger partial charge in [0, 0.05) is 35.9 Å². The Morgan fingerprint density at radius 2 is 1.71 bits per heavy atom. The Balaban J connectivity index is 1.29. The van der Waals surface area contributed by atoms with Gasteiger partial charge in [-0.05, 0) is 60.9 Å². The molecule has 182 valence electrons. The van der Waals surface area contributed by atoms with Gasteiger partial charge < -0.3 is 4.74 Å². The summed E-state index contributed by atoms with van der Waals surface area (Å²) in [6, 6.07) is 12.1. The van der Waals surface area contributed by atoms with E-state index in [1.54, 1.807) is 24.4 Å². The Hall–Kier alpha value is -2.72. The molecule has 35 heavy (non-hydrogen) atoms. The number of nitrogens with zero attached hydrogens (tertiary/aromatic N) is 5. The molecule has 0 saturated carbocycles. The standard InChI is InChI=1S/C24H23Cl2N5O3S/c1-35(32,33)21-4-2-20(3-5-21)34-24-22-13-29-31(23(22)27-15-28-24)19-6-8-30(9-7-19)14-16-10-17(25)12-18(26)11-16/h2-5,10-13,15,19H,6-9,14H2,1H3. The highest BCUT2D eigenvalue weighted by molar-refractivity contribution is 7.90. The fourth-order valence-corrected chi connectivity index (χ4v) is 5.54. The van der Waals surface area contributed by atoms with E-state index in [9.17, 15) is 8.42 Å². The third-order valence-electron chi connectivity index (χ3n) is 6.05. The van der Waals surface area contributed by atoms with Crippen LogP contribution in [0.25, 0.3) is 11.0 Å². The fourth-order valence-electron chi connectivity index (χ4n) is 4.34. The van der Waals surface area contributed by atoms with Crippen molar-refractivity contribution in [2.24, 2.45) is 0 Å². The van der Waals surface area contributed by atoms with Gasteiger partial charge in [-0.2, -0.15) is 5.10 Å². The molecule has 1 saturated heterocycles. The van der Waals surface area contributed by atoms with Gasteiger partial charge in [-0.3, -0.25) is 4.90 Å². The lowest BCUT2D eigenvalue weighted by molar-refractivity contribution is 0.175. The van der Waals surface area contributed by atoms with Gasteiger partial charge in [-0.1, -0.05) is 23.2 Å². The summed E-state index contributed by atoms with van der Waals surface area (Å²) in [7, 11) is -3.27. The lowest BCUT2D eigenvalue weighted by Crippen LogP contribution is -2.34. The topological polar surface area (TPSA) is 90.2 Å². The first-order valence-corrected chi connectivity index (χ1v) is 13.7. The van der Waals surface area contributed by atoms with Crippen LogP contribution in [-0.4, -0.2) is 52.4 Å². The molecule has 0 unspecified atom stereocenters.